The third-order valence-electron chi connectivity index (χ3n) is 2.02. The molecule has 0 saturated heterocycles. The molecule has 2 nitrogen and oxygen atoms in total. The van der Waals surface area contributed by atoms with E-state index < -0.39 is 0 Å². The highest BCUT2D eigenvalue weighted by molar-refractivity contribution is 6.30. The Morgan fingerprint density at radius 3 is 2.67 bits per heavy atom. The molecule has 84 valence electrons. The maximum Gasteiger partial charge on any atom is 0.146 e. The van der Waals surface area contributed by atoms with E-state index in [1.807, 2.05) is 20.9 Å². The van der Waals surface area contributed by atoms with Gasteiger partial charge < -0.3 is 10.6 Å². The molecule has 4 heteroatoms. The van der Waals surface area contributed by atoms with E-state index >= 15 is 0 Å². The monoisotopic (exact) mass is 230 g/mol. The highest BCUT2D eigenvalue weighted by Crippen LogP contribution is 2.22. The van der Waals surface area contributed by atoms with Gasteiger partial charge in [0.15, 0.2) is 0 Å². The lowest BCUT2D eigenvalue weighted by Gasteiger charge is -2.27. The van der Waals surface area contributed by atoms with Crippen molar-refractivity contribution in [2.45, 2.75) is 19.4 Å². The summed E-state index contributed by atoms with van der Waals surface area (Å²) in [6.45, 7) is 4.71. The Kier molecular flexibility index (Phi) is 3.94. The fraction of sp³-hybridized carbons (Fsp3) is 0.455. The van der Waals surface area contributed by atoms with E-state index in [0.717, 1.165) is 6.54 Å². The van der Waals surface area contributed by atoms with Crippen LogP contribution < -0.4 is 10.6 Å². The van der Waals surface area contributed by atoms with Crippen molar-refractivity contribution in [3.05, 3.63) is 29.0 Å². The predicted molar refractivity (Wildman–Crippen MR) is 63.0 cm³/mol. The lowest BCUT2D eigenvalue weighted by molar-refractivity contribution is 0.523. The molecule has 1 aromatic rings. The Balaban J connectivity index is 2.83. The van der Waals surface area contributed by atoms with Crippen LogP contribution in [0.2, 0.25) is 5.02 Å². The zero-order valence-corrected chi connectivity index (χ0v) is 9.95. The van der Waals surface area contributed by atoms with Crippen LogP contribution in [0.15, 0.2) is 18.2 Å². The number of nitrogens with one attached hydrogen (secondary N) is 2. The highest BCUT2D eigenvalue weighted by atomic mass is 35.5. The van der Waals surface area contributed by atoms with E-state index in [4.69, 9.17) is 11.6 Å². The van der Waals surface area contributed by atoms with Crippen molar-refractivity contribution in [1.29, 1.82) is 0 Å². The second kappa shape index (κ2) is 4.81. The summed E-state index contributed by atoms with van der Waals surface area (Å²) in [4.78, 5) is 0. The van der Waals surface area contributed by atoms with E-state index in [1.165, 1.54) is 12.1 Å². The summed E-state index contributed by atoms with van der Waals surface area (Å²) in [6.07, 6.45) is 0. The molecule has 0 saturated carbocycles. The molecule has 0 unspecified atom stereocenters. The van der Waals surface area contributed by atoms with Crippen molar-refractivity contribution in [3.8, 4) is 0 Å². The summed E-state index contributed by atoms with van der Waals surface area (Å²) in [6, 6.07) is 4.49. The average molecular weight is 231 g/mol. The average Bonchev–Trinajstić information content (AvgIpc) is 2.10. The highest BCUT2D eigenvalue weighted by Gasteiger charge is 2.17. The van der Waals surface area contributed by atoms with Gasteiger partial charge in [0.25, 0.3) is 0 Å². The fourth-order valence-electron chi connectivity index (χ4n) is 1.44. The molecular weight excluding hydrogens is 215 g/mol. The van der Waals surface area contributed by atoms with Gasteiger partial charge in [-0.3, -0.25) is 0 Å². The maximum atomic E-state index is 13.4. The van der Waals surface area contributed by atoms with Crippen LogP contribution in [0.3, 0.4) is 0 Å². The molecule has 15 heavy (non-hydrogen) atoms. The minimum atomic E-state index is -0.288. The van der Waals surface area contributed by atoms with Gasteiger partial charge in [-0.2, -0.15) is 0 Å². The number of anilines is 1. The Morgan fingerprint density at radius 2 is 2.07 bits per heavy atom. The first-order valence-electron chi connectivity index (χ1n) is 4.82. The summed E-state index contributed by atoms with van der Waals surface area (Å²) >= 11 is 5.80. The van der Waals surface area contributed by atoms with E-state index in [-0.39, 0.29) is 11.4 Å². The van der Waals surface area contributed by atoms with Gasteiger partial charge in [-0.15, -0.1) is 0 Å². The lowest BCUT2D eigenvalue weighted by atomic mass is 10.1. The molecule has 0 spiro atoms. The van der Waals surface area contributed by atoms with Crippen molar-refractivity contribution in [2.24, 2.45) is 0 Å². The second-order valence-corrected chi connectivity index (χ2v) is 4.60. The number of benzene rings is 1. The molecule has 0 aliphatic rings. The Labute approximate surface area is 94.8 Å². The topological polar surface area (TPSA) is 24.1 Å². The largest absolute Gasteiger partial charge is 0.376 e. The van der Waals surface area contributed by atoms with Gasteiger partial charge in [0.2, 0.25) is 0 Å². The van der Waals surface area contributed by atoms with Crippen LogP contribution in [-0.4, -0.2) is 19.1 Å². The van der Waals surface area contributed by atoms with E-state index in [1.54, 1.807) is 6.07 Å². The minimum absolute atomic E-state index is 0.222. The summed E-state index contributed by atoms with van der Waals surface area (Å²) in [5.41, 5.74) is 0.211. The van der Waals surface area contributed by atoms with Gasteiger partial charge in [-0.25, -0.2) is 4.39 Å². The zero-order valence-electron chi connectivity index (χ0n) is 9.20. The summed E-state index contributed by atoms with van der Waals surface area (Å²) in [7, 11) is 1.86. The van der Waals surface area contributed by atoms with E-state index in [2.05, 4.69) is 10.6 Å². The van der Waals surface area contributed by atoms with Crippen LogP contribution in [0.1, 0.15) is 13.8 Å². The molecule has 0 bridgehead atoms. The number of halogens is 2. The summed E-state index contributed by atoms with van der Waals surface area (Å²) < 4.78 is 13.4. The maximum absolute atomic E-state index is 13.4. The number of hydrogen-bond acceptors (Lipinski definition) is 2. The summed E-state index contributed by atoms with van der Waals surface area (Å²) in [5.74, 6) is -0.288. The van der Waals surface area contributed by atoms with Crippen LogP contribution in [0.5, 0.6) is 0 Å². The van der Waals surface area contributed by atoms with Gasteiger partial charge in [0, 0.05) is 17.1 Å². The van der Waals surface area contributed by atoms with Crippen LogP contribution in [-0.2, 0) is 0 Å². The first-order chi connectivity index (χ1) is 6.94. The number of likely N-dealkylation sites (N-methyl/N-ethyl adjacent to an activating group) is 1. The molecule has 0 aliphatic heterocycles. The van der Waals surface area contributed by atoms with Gasteiger partial charge in [0.05, 0.1) is 5.69 Å². The molecule has 0 heterocycles. The smallest absolute Gasteiger partial charge is 0.146 e. The normalized spacial score (nSPS) is 11.5. The molecule has 0 fully saturated rings. The zero-order chi connectivity index (χ0) is 11.5. The molecule has 1 rings (SSSR count). The molecule has 0 radical (unpaired) electrons. The fourth-order valence-corrected chi connectivity index (χ4v) is 1.62. The van der Waals surface area contributed by atoms with Gasteiger partial charge in [0.1, 0.15) is 5.82 Å². The molecule has 1 aromatic carbocycles. The number of rotatable bonds is 4. The van der Waals surface area contributed by atoms with Gasteiger partial charge in [-0.05, 0) is 39.1 Å². The first-order valence-corrected chi connectivity index (χ1v) is 5.20. The molecule has 0 aliphatic carbocycles. The summed E-state index contributed by atoms with van der Waals surface area (Å²) in [5, 5.41) is 6.68. The molecule has 0 amide bonds. The Bertz CT molecular complexity index is 339. The van der Waals surface area contributed by atoms with Crippen molar-refractivity contribution in [2.75, 3.05) is 18.9 Å². The molecule has 0 aromatic heterocycles. The molecular formula is C11H16ClFN2. The van der Waals surface area contributed by atoms with Crippen molar-refractivity contribution in [1.82, 2.24) is 5.32 Å². The predicted octanol–water partition coefficient (Wildman–Crippen LogP) is 2.89. The van der Waals surface area contributed by atoms with Crippen molar-refractivity contribution < 1.29 is 4.39 Å². The standard InChI is InChI=1S/C11H16ClFN2/c1-11(2,7-14-3)15-10-6-8(12)4-5-9(10)13/h4-6,14-15H,7H2,1-3H3. The van der Waals surface area contributed by atoms with Crippen LogP contribution in [0.4, 0.5) is 10.1 Å². The van der Waals surface area contributed by atoms with Gasteiger partial charge in [-0.1, -0.05) is 11.6 Å². The molecule has 0 atom stereocenters. The van der Waals surface area contributed by atoms with Crippen LogP contribution >= 0.6 is 11.6 Å². The van der Waals surface area contributed by atoms with Crippen LogP contribution in [0.25, 0.3) is 0 Å². The van der Waals surface area contributed by atoms with Gasteiger partial charge >= 0.3 is 0 Å². The molecule has 2 N–H and O–H groups in total. The third-order valence-corrected chi connectivity index (χ3v) is 2.26. The lowest BCUT2D eigenvalue weighted by Crippen LogP contribution is -2.40. The van der Waals surface area contributed by atoms with Crippen LogP contribution in [0, 0.1) is 5.82 Å². The first kappa shape index (κ1) is 12.3. The van der Waals surface area contributed by atoms with E-state index in [9.17, 15) is 4.39 Å². The van der Waals surface area contributed by atoms with Crippen molar-refractivity contribution in [3.63, 3.8) is 0 Å². The third kappa shape index (κ3) is 3.68. The Hall–Kier alpha value is -0.800. The van der Waals surface area contributed by atoms with E-state index in [0.29, 0.717) is 10.7 Å². The minimum Gasteiger partial charge on any atom is -0.376 e. The SMILES string of the molecule is CNCC(C)(C)Nc1cc(Cl)ccc1F. The van der Waals surface area contributed by atoms with Crippen molar-refractivity contribution >= 4 is 17.3 Å². The second-order valence-electron chi connectivity index (χ2n) is 4.16. The quantitative estimate of drug-likeness (QED) is 0.831. The Morgan fingerprint density at radius 1 is 1.40 bits per heavy atom. The number of hydrogen-bond donors (Lipinski definition) is 2.